The van der Waals surface area contributed by atoms with Gasteiger partial charge >= 0.3 is 0 Å². The van der Waals surface area contributed by atoms with E-state index < -0.39 is 0 Å². The molecule has 0 bridgehead atoms. The Morgan fingerprint density at radius 1 is 1.12 bits per heavy atom. The van der Waals surface area contributed by atoms with E-state index in [9.17, 15) is 14.7 Å². The fourth-order valence-corrected chi connectivity index (χ4v) is 2.53. The molecule has 0 saturated carbocycles. The van der Waals surface area contributed by atoms with E-state index in [4.69, 9.17) is 0 Å². The maximum absolute atomic E-state index is 12.4. The van der Waals surface area contributed by atoms with Crippen LogP contribution in [0.1, 0.15) is 53.7 Å². The molecule has 2 rings (SSSR count). The van der Waals surface area contributed by atoms with Crippen LogP contribution in [-0.4, -0.2) is 22.2 Å². The average molecular weight is 328 g/mol. The molecule has 5 nitrogen and oxygen atoms in total. The first kappa shape index (κ1) is 17.9. The van der Waals surface area contributed by atoms with Crippen molar-refractivity contribution in [3.8, 4) is 0 Å². The number of hydrogen-bond donors (Lipinski definition) is 2. The zero-order chi connectivity index (χ0) is 17.7. The molecule has 0 spiro atoms. The second-order valence-corrected chi connectivity index (χ2v) is 6.23. The smallest absolute Gasteiger partial charge is 0.253 e. The first-order valence-corrected chi connectivity index (χ1v) is 8.10. The monoisotopic (exact) mass is 328 g/mol. The number of aliphatic hydroxyl groups excluding tert-OH is 1. The minimum Gasteiger partial charge on any atom is -0.396 e. The summed E-state index contributed by atoms with van der Waals surface area (Å²) in [5.41, 5.74) is 2.43. The van der Waals surface area contributed by atoms with E-state index >= 15 is 0 Å². The number of aryl methyl sites for hydroxylation is 1. The van der Waals surface area contributed by atoms with Crippen molar-refractivity contribution < 1.29 is 9.90 Å². The molecule has 1 aromatic carbocycles. The summed E-state index contributed by atoms with van der Waals surface area (Å²) in [5, 5.41) is 12.2. The molecule has 0 saturated heterocycles. The molecule has 0 radical (unpaired) electrons. The maximum atomic E-state index is 12.4. The molecule has 24 heavy (non-hydrogen) atoms. The fraction of sp³-hybridized carbons (Fsp3) is 0.368. The number of rotatable bonds is 6. The largest absolute Gasteiger partial charge is 0.396 e. The summed E-state index contributed by atoms with van der Waals surface area (Å²) in [6.07, 6.45) is 1.94. The van der Waals surface area contributed by atoms with Crippen LogP contribution in [-0.2, 0) is 7.05 Å². The van der Waals surface area contributed by atoms with Crippen molar-refractivity contribution in [1.82, 2.24) is 9.88 Å². The molecule has 1 heterocycles. The van der Waals surface area contributed by atoms with Crippen LogP contribution >= 0.6 is 0 Å². The van der Waals surface area contributed by atoms with Gasteiger partial charge in [-0.15, -0.1) is 0 Å². The predicted octanol–water partition coefficient (Wildman–Crippen LogP) is 2.36. The molecule has 1 aromatic heterocycles. The lowest BCUT2D eigenvalue weighted by molar-refractivity contribution is 0.0929. The summed E-state index contributed by atoms with van der Waals surface area (Å²) in [6, 6.07) is 10.7. The van der Waals surface area contributed by atoms with E-state index in [0.717, 1.165) is 5.56 Å². The third-order valence-corrected chi connectivity index (χ3v) is 4.08. The van der Waals surface area contributed by atoms with Crippen LogP contribution in [0.2, 0.25) is 0 Å². The molecule has 5 heteroatoms. The fourth-order valence-electron chi connectivity index (χ4n) is 2.53. The Balaban J connectivity index is 2.19. The van der Waals surface area contributed by atoms with E-state index in [-0.39, 0.29) is 24.1 Å². The van der Waals surface area contributed by atoms with Crippen molar-refractivity contribution in [1.29, 1.82) is 0 Å². The zero-order valence-electron chi connectivity index (χ0n) is 14.3. The van der Waals surface area contributed by atoms with Gasteiger partial charge in [0.2, 0.25) is 5.56 Å². The quantitative estimate of drug-likeness (QED) is 0.855. The highest BCUT2D eigenvalue weighted by Gasteiger charge is 2.16. The average Bonchev–Trinajstić information content (AvgIpc) is 2.57. The Bertz CT molecular complexity index is 748. The van der Waals surface area contributed by atoms with Crippen LogP contribution in [0.4, 0.5) is 0 Å². The Hall–Kier alpha value is -2.40. The number of amides is 1. The molecule has 0 unspecified atom stereocenters. The lowest BCUT2D eigenvalue weighted by Crippen LogP contribution is -2.30. The van der Waals surface area contributed by atoms with Gasteiger partial charge in [0.25, 0.3) is 5.91 Å². The molecule has 0 aliphatic carbocycles. The van der Waals surface area contributed by atoms with Crippen LogP contribution in [0.25, 0.3) is 0 Å². The third kappa shape index (κ3) is 4.32. The SMILES string of the molecule is CC(C)c1ccc([C@@H](CCO)NC(=O)c2ccc(=O)n(C)c2)cc1. The van der Waals surface area contributed by atoms with Gasteiger partial charge in [0.05, 0.1) is 11.6 Å². The Morgan fingerprint density at radius 3 is 2.29 bits per heavy atom. The highest BCUT2D eigenvalue weighted by atomic mass is 16.3. The van der Waals surface area contributed by atoms with E-state index in [1.807, 2.05) is 24.3 Å². The summed E-state index contributed by atoms with van der Waals surface area (Å²) < 4.78 is 1.37. The number of hydrogen-bond acceptors (Lipinski definition) is 3. The van der Waals surface area contributed by atoms with Crippen LogP contribution in [0.5, 0.6) is 0 Å². The molecule has 1 amide bonds. The molecule has 0 aliphatic heterocycles. The lowest BCUT2D eigenvalue weighted by atomic mass is 9.97. The summed E-state index contributed by atoms with van der Waals surface area (Å²) >= 11 is 0. The summed E-state index contributed by atoms with van der Waals surface area (Å²) in [4.78, 5) is 23.9. The standard InChI is InChI=1S/C19H24N2O3/c1-13(2)14-4-6-15(7-5-14)17(10-11-22)20-19(24)16-8-9-18(23)21(3)12-16/h4-9,12-13,17,22H,10-11H2,1-3H3,(H,20,24)/t17-/m1/s1. The van der Waals surface area contributed by atoms with Crippen molar-refractivity contribution >= 4 is 5.91 Å². The number of carbonyl (C=O) groups excluding carboxylic acids is 1. The van der Waals surface area contributed by atoms with Crippen LogP contribution in [0.15, 0.2) is 47.4 Å². The van der Waals surface area contributed by atoms with Gasteiger partial charge < -0.3 is 15.0 Å². The van der Waals surface area contributed by atoms with Crippen LogP contribution in [0.3, 0.4) is 0 Å². The predicted molar refractivity (Wildman–Crippen MR) is 94.1 cm³/mol. The minimum absolute atomic E-state index is 0.0237. The molecule has 128 valence electrons. The summed E-state index contributed by atoms with van der Waals surface area (Å²) in [7, 11) is 1.61. The molecule has 0 fully saturated rings. The molecule has 0 aliphatic rings. The van der Waals surface area contributed by atoms with Crippen molar-refractivity contribution in [3.63, 3.8) is 0 Å². The minimum atomic E-state index is -0.277. The van der Waals surface area contributed by atoms with Gasteiger partial charge in [-0.05, 0) is 29.5 Å². The second-order valence-electron chi connectivity index (χ2n) is 6.23. The summed E-state index contributed by atoms with van der Waals surface area (Å²) in [5.74, 6) is 0.174. The molecule has 2 N–H and O–H groups in total. The summed E-state index contributed by atoms with van der Waals surface area (Å²) in [6.45, 7) is 4.23. The number of aromatic nitrogens is 1. The highest BCUT2D eigenvalue weighted by Crippen LogP contribution is 2.21. The van der Waals surface area contributed by atoms with Crippen LogP contribution < -0.4 is 10.9 Å². The van der Waals surface area contributed by atoms with Gasteiger partial charge in [-0.25, -0.2) is 0 Å². The van der Waals surface area contributed by atoms with Crippen molar-refractivity contribution in [2.45, 2.75) is 32.2 Å². The number of benzene rings is 1. The van der Waals surface area contributed by atoms with Gasteiger partial charge in [-0.1, -0.05) is 38.1 Å². The number of carbonyl (C=O) groups is 1. The molecular formula is C19H24N2O3. The zero-order valence-corrected chi connectivity index (χ0v) is 14.3. The third-order valence-electron chi connectivity index (χ3n) is 4.08. The van der Waals surface area contributed by atoms with Gasteiger partial charge in [-0.2, -0.15) is 0 Å². The molecular weight excluding hydrogens is 304 g/mol. The number of nitrogens with one attached hydrogen (secondary N) is 1. The van der Waals surface area contributed by atoms with Gasteiger partial charge in [0, 0.05) is 25.9 Å². The Kier molecular flexibility index (Phi) is 5.93. The maximum Gasteiger partial charge on any atom is 0.253 e. The van der Waals surface area contributed by atoms with Crippen LogP contribution in [0, 0.1) is 0 Å². The number of nitrogens with zero attached hydrogens (tertiary/aromatic N) is 1. The Labute approximate surface area is 142 Å². The highest BCUT2D eigenvalue weighted by molar-refractivity contribution is 5.94. The Morgan fingerprint density at radius 2 is 1.75 bits per heavy atom. The van der Waals surface area contributed by atoms with E-state index in [0.29, 0.717) is 17.9 Å². The number of pyridine rings is 1. The number of aliphatic hydroxyl groups is 1. The van der Waals surface area contributed by atoms with E-state index in [1.165, 1.54) is 28.5 Å². The van der Waals surface area contributed by atoms with Gasteiger partial charge in [0.1, 0.15) is 0 Å². The first-order valence-electron chi connectivity index (χ1n) is 8.10. The van der Waals surface area contributed by atoms with Crippen molar-refractivity contribution in [2.75, 3.05) is 6.61 Å². The topological polar surface area (TPSA) is 71.3 Å². The normalized spacial score (nSPS) is 12.2. The van der Waals surface area contributed by atoms with E-state index in [1.54, 1.807) is 7.05 Å². The van der Waals surface area contributed by atoms with Gasteiger partial charge in [0.15, 0.2) is 0 Å². The molecule has 2 aromatic rings. The molecule has 1 atom stereocenters. The second kappa shape index (κ2) is 7.93. The van der Waals surface area contributed by atoms with Crippen molar-refractivity contribution in [2.24, 2.45) is 7.05 Å². The van der Waals surface area contributed by atoms with E-state index in [2.05, 4.69) is 19.2 Å². The first-order chi connectivity index (χ1) is 11.4. The van der Waals surface area contributed by atoms with Crippen molar-refractivity contribution in [3.05, 3.63) is 69.6 Å². The van der Waals surface area contributed by atoms with Gasteiger partial charge in [-0.3, -0.25) is 9.59 Å². The lowest BCUT2D eigenvalue weighted by Gasteiger charge is -2.19.